The maximum absolute atomic E-state index is 12.1. The molecule has 2 rings (SSSR count). The number of nitrogens with zero attached hydrogens (tertiary/aromatic N) is 3. The second-order valence-electron chi connectivity index (χ2n) is 9.07. The number of hydrogen-bond donors (Lipinski definition) is 1. The van der Waals surface area contributed by atoms with Gasteiger partial charge in [0, 0.05) is 33.7 Å². The van der Waals surface area contributed by atoms with E-state index in [1.165, 1.54) is 4.90 Å². The topological polar surface area (TPSA) is 74.8 Å². The zero-order valence-corrected chi connectivity index (χ0v) is 19.6. The number of piperidine rings is 1. The molecule has 0 unspecified atom stereocenters. The monoisotopic (exact) mass is 438 g/mol. The zero-order chi connectivity index (χ0) is 22.3. The standard InChI is InChI=1S/C22H35ClN4O3/c1-22(2,3)30-21(29)27-14-11-16(12-15-27)8-6-7-13-24-18-10-9-17(19(23)25-18)20(28)26(4)5/h9-10,16H,6-8,11-15H2,1-5H3,(H,24,25). The molecule has 1 saturated heterocycles. The lowest BCUT2D eigenvalue weighted by Gasteiger charge is -2.33. The fraction of sp³-hybridized carbons (Fsp3) is 0.682. The number of nitrogens with one attached hydrogen (secondary N) is 1. The minimum atomic E-state index is -0.442. The number of anilines is 1. The van der Waals surface area contributed by atoms with Crippen LogP contribution in [0.1, 0.15) is 63.2 Å². The summed E-state index contributed by atoms with van der Waals surface area (Å²) >= 11 is 6.14. The van der Waals surface area contributed by atoms with Crippen LogP contribution in [0, 0.1) is 5.92 Å². The van der Waals surface area contributed by atoms with Crippen LogP contribution < -0.4 is 5.32 Å². The van der Waals surface area contributed by atoms with Crippen molar-refractivity contribution in [1.82, 2.24) is 14.8 Å². The van der Waals surface area contributed by atoms with E-state index in [0.29, 0.717) is 17.3 Å². The zero-order valence-electron chi connectivity index (χ0n) is 18.8. The van der Waals surface area contributed by atoms with Crippen molar-refractivity contribution >= 4 is 29.4 Å². The molecule has 2 heterocycles. The van der Waals surface area contributed by atoms with Crippen LogP contribution in [0.2, 0.25) is 5.15 Å². The van der Waals surface area contributed by atoms with Crippen LogP contribution >= 0.6 is 11.6 Å². The Balaban J connectivity index is 1.64. The second kappa shape index (κ2) is 10.8. The summed E-state index contributed by atoms with van der Waals surface area (Å²) in [5.74, 6) is 1.19. The Labute approximate surface area is 185 Å². The van der Waals surface area contributed by atoms with Crippen LogP contribution in [0.25, 0.3) is 0 Å². The number of ether oxygens (including phenoxy) is 1. The number of hydrogen-bond acceptors (Lipinski definition) is 5. The number of carbonyl (C=O) groups is 2. The molecule has 1 N–H and O–H groups in total. The Morgan fingerprint density at radius 1 is 1.23 bits per heavy atom. The molecule has 7 nitrogen and oxygen atoms in total. The van der Waals surface area contributed by atoms with Crippen molar-refractivity contribution in [3.05, 3.63) is 22.8 Å². The fourth-order valence-corrected chi connectivity index (χ4v) is 3.67. The first-order valence-electron chi connectivity index (χ1n) is 10.7. The molecule has 0 spiro atoms. The Hall–Kier alpha value is -2.02. The number of carbonyl (C=O) groups excluding carboxylic acids is 2. The van der Waals surface area contributed by atoms with Gasteiger partial charge in [0.15, 0.2) is 0 Å². The first-order chi connectivity index (χ1) is 14.1. The molecule has 8 heteroatoms. The van der Waals surface area contributed by atoms with Gasteiger partial charge in [-0.05, 0) is 58.1 Å². The van der Waals surface area contributed by atoms with Gasteiger partial charge in [0.25, 0.3) is 5.91 Å². The molecular formula is C22H35ClN4O3. The van der Waals surface area contributed by atoms with Gasteiger partial charge >= 0.3 is 6.09 Å². The third kappa shape index (κ3) is 7.67. The summed E-state index contributed by atoms with van der Waals surface area (Å²) in [5.41, 5.74) is -0.0349. The van der Waals surface area contributed by atoms with Gasteiger partial charge in [-0.25, -0.2) is 9.78 Å². The number of halogens is 1. The number of rotatable bonds is 7. The maximum Gasteiger partial charge on any atom is 0.410 e. The van der Waals surface area contributed by atoms with Gasteiger partial charge in [-0.3, -0.25) is 4.79 Å². The van der Waals surface area contributed by atoms with Crippen molar-refractivity contribution < 1.29 is 14.3 Å². The number of likely N-dealkylation sites (tertiary alicyclic amines) is 1. The predicted molar refractivity (Wildman–Crippen MR) is 120 cm³/mol. The molecule has 1 fully saturated rings. The average molecular weight is 439 g/mol. The first-order valence-corrected chi connectivity index (χ1v) is 11.0. The molecule has 0 aromatic carbocycles. The Kier molecular flexibility index (Phi) is 8.77. The molecule has 0 saturated carbocycles. The lowest BCUT2D eigenvalue weighted by molar-refractivity contribution is 0.0180. The highest BCUT2D eigenvalue weighted by Gasteiger charge is 2.26. The van der Waals surface area contributed by atoms with E-state index in [2.05, 4.69) is 10.3 Å². The van der Waals surface area contributed by atoms with E-state index in [9.17, 15) is 9.59 Å². The van der Waals surface area contributed by atoms with Crippen molar-refractivity contribution in [2.24, 2.45) is 5.92 Å². The lowest BCUT2D eigenvalue weighted by atomic mass is 9.92. The molecule has 168 valence electrons. The quantitative estimate of drug-likeness (QED) is 0.494. The van der Waals surface area contributed by atoms with Gasteiger partial charge in [0.1, 0.15) is 16.6 Å². The lowest BCUT2D eigenvalue weighted by Crippen LogP contribution is -2.41. The smallest absolute Gasteiger partial charge is 0.410 e. The van der Waals surface area contributed by atoms with Gasteiger partial charge in [-0.2, -0.15) is 0 Å². The Morgan fingerprint density at radius 2 is 1.90 bits per heavy atom. The molecule has 1 aliphatic rings. The molecule has 0 aliphatic carbocycles. The molecule has 0 bridgehead atoms. The van der Waals surface area contributed by atoms with Crippen LogP contribution in [-0.2, 0) is 4.74 Å². The minimum absolute atomic E-state index is 0.156. The number of pyridine rings is 1. The van der Waals surface area contributed by atoms with Gasteiger partial charge in [-0.15, -0.1) is 0 Å². The van der Waals surface area contributed by atoms with Crippen LogP contribution in [0.4, 0.5) is 10.6 Å². The highest BCUT2D eigenvalue weighted by atomic mass is 35.5. The molecule has 2 amide bonds. The molecule has 1 aromatic rings. The molecule has 30 heavy (non-hydrogen) atoms. The van der Waals surface area contributed by atoms with E-state index in [4.69, 9.17) is 16.3 Å². The number of unbranched alkanes of at least 4 members (excludes halogenated alkanes) is 1. The van der Waals surface area contributed by atoms with Crippen molar-refractivity contribution in [2.45, 2.75) is 58.5 Å². The largest absolute Gasteiger partial charge is 0.444 e. The third-order valence-electron chi connectivity index (χ3n) is 5.10. The highest BCUT2D eigenvalue weighted by molar-refractivity contribution is 6.32. The van der Waals surface area contributed by atoms with Crippen molar-refractivity contribution in [2.75, 3.05) is 39.0 Å². The van der Waals surface area contributed by atoms with Crippen molar-refractivity contribution in [1.29, 1.82) is 0 Å². The van der Waals surface area contributed by atoms with E-state index in [0.717, 1.165) is 51.7 Å². The first kappa shape index (κ1) is 24.3. The van der Waals surface area contributed by atoms with E-state index < -0.39 is 5.60 Å². The van der Waals surface area contributed by atoms with Gasteiger partial charge in [0.2, 0.25) is 0 Å². The third-order valence-corrected chi connectivity index (χ3v) is 5.38. The SMILES string of the molecule is CN(C)C(=O)c1ccc(NCCCCC2CCN(C(=O)OC(C)(C)C)CC2)nc1Cl. The fourth-order valence-electron chi connectivity index (χ4n) is 3.44. The van der Waals surface area contributed by atoms with E-state index >= 15 is 0 Å². The van der Waals surface area contributed by atoms with Crippen molar-refractivity contribution in [3.8, 4) is 0 Å². The Bertz CT molecular complexity index is 726. The summed E-state index contributed by atoms with van der Waals surface area (Å²) in [6.45, 7) is 8.05. The van der Waals surface area contributed by atoms with Gasteiger partial charge < -0.3 is 19.9 Å². The summed E-state index contributed by atoms with van der Waals surface area (Å²) in [6.07, 6.45) is 5.18. The molecular weight excluding hydrogens is 404 g/mol. The normalized spacial score (nSPS) is 15.1. The van der Waals surface area contributed by atoms with Gasteiger partial charge in [0.05, 0.1) is 5.56 Å². The Morgan fingerprint density at radius 3 is 2.47 bits per heavy atom. The van der Waals surface area contributed by atoms with E-state index in [-0.39, 0.29) is 17.2 Å². The van der Waals surface area contributed by atoms with Crippen LogP contribution in [-0.4, -0.2) is 66.1 Å². The van der Waals surface area contributed by atoms with Crippen LogP contribution in [0.3, 0.4) is 0 Å². The number of aromatic nitrogens is 1. The average Bonchev–Trinajstić information content (AvgIpc) is 2.66. The summed E-state index contributed by atoms with van der Waals surface area (Å²) in [5, 5.41) is 3.49. The second-order valence-corrected chi connectivity index (χ2v) is 9.43. The summed E-state index contributed by atoms with van der Waals surface area (Å²) < 4.78 is 5.45. The van der Waals surface area contributed by atoms with Gasteiger partial charge in [-0.1, -0.05) is 24.4 Å². The van der Waals surface area contributed by atoms with Crippen molar-refractivity contribution in [3.63, 3.8) is 0 Å². The molecule has 0 radical (unpaired) electrons. The minimum Gasteiger partial charge on any atom is -0.444 e. The van der Waals surface area contributed by atoms with Crippen LogP contribution in [0.15, 0.2) is 12.1 Å². The molecule has 1 aliphatic heterocycles. The summed E-state index contributed by atoms with van der Waals surface area (Å²) in [4.78, 5) is 31.7. The van der Waals surface area contributed by atoms with E-state index in [1.807, 2.05) is 25.7 Å². The molecule has 0 atom stereocenters. The van der Waals surface area contributed by atoms with Crippen LogP contribution in [0.5, 0.6) is 0 Å². The van der Waals surface area contributed by atoms with E-state index in [1.54, 1.807) is 26.2 Å². The number of amides is 2. The predicted octanol–water partition coefficient (Wildman–Crippen LogP) is 4.67. The summed E-state index contributed by atoms with van der Waals surface area (Å²) in [6, 6.07) is 3.49. The molecule has 1 aromatic heterocycles. The summed E-state index contributed by atoms with van der Waals surface area (Å²) in [7, 11) is 3.37. The maximum atomic E-state index is 12.1. The highest BCUT2D eigenvalue weighted by Crippen LogP contribution is 2.24.